The number of aliphatic imine (C=N–C) groups is 1. The lowest BCUT2D eigenvalue weighted by Gasteiger charge is -2.16. The van der Waals surface area contributed by atoms with E-state index in [1.165, 1.54) is 24.4 Å². The van der Waals surface area contributed by atoms with Crippen molar-refractivity contribution in [2.24, 2.45) is 4.99 Å². The van der Waals surface area contributed by atoms with E-state index < -0.39 is 47.6 Å². The average Bonchev–Trinajstić information content (AvgIpc) is 2.78. The molecule has 5 nitrogen and oxygen atoms in total. The van der Waals surface area contributed by atoms with Crippen molar-refractivity contribution in [3.8, 4) is 11.5 Å². The van der Waals surface area contributed by atoms with Crippen LogP contribution in [0.4, 0.5) is 27.8 Å². The molecule has 0 radical (unpaired) electrons. The number of pyridine rings is 1. The zero-order valence-corrected chi connectivity index (χ0v) is 18.2. The van der Waals surface area contributed by atoms with Crippen molar-refractivity contribution in [1.29, 1.82) is 0 Å². The summed E-state index contributed by atoms with van der Waals surface area (Å²) in [5, 5.41) is 0. The summed E-state index contributed by atoms with van der Waals surface area (Å²) in [6.45, 7) is 1.58. The predicted molar refractivity (Wildman–Crippen MR) is 116 cm³/mol. The highest BCUT2D eigenvalue weighted by molar-refractivity contribution is 6.40. The number of aromatic nitrogens is 1. The van der Waals surface area contributed by atoms with Crippen LogP contribution >= 0.6 is 0 Å². The van der Waals surface area contributed by atoms with Gasteiger partial charge in [0.25, 0.3) is 0 Å². The molecule has 180 valence electrons. The lowest BCUT2D eigenvalue weighted by Crippen LogP contribution is -2.17. The third-order valence-corrected chi connectivity index (χ3v) is 5.41. The molecule has 0 N–H and O–H groups in total. The summed E-state index contributed by atoms with van der Waals surface area (Å²) in [6.07, 6.45) is -4.27. The number of hydrogen-bond donors (Lipinski definition) is 0. The van der Waals surface area contributed by atoms with Gasteiger partial charge in [-0.25, -0.2) is 18.8 Å². The number of carbonyl (C=O) groups excluding carboxylic acids is 2. The van der Waals surface area contributed by atoms with Crippen molar-refractivity contribution in [2.45, 2.75) is 32.4 Å². The first-order chi connectivity index (χ1) is 16.5. The molecule has 0 saturated carbocycles. The molecule has 0 saturated heterocycles. The van der Waals surface area contributed by atoms with E-state index in [1.807, 2.05) is 0 Å². The largest absolute Gasteiger partial charge is 0.457 e. The molecule has 0 atom stereocenters. The molecule has 2 aromatic carbocycles. The number of ether oxygens (including phenoxy) is 1. The summed E-state index contributed by atoms with van der Waals surface area (Å²) < 4.78 is 72.9. The molecule has 3 aromatic rings. The third-order valence-electron chi connectivity index (χ3n) is 5.41. The highest BCUT2D eigenvalue weighted by atomic mass is 19.4. The fraction of sp³-hybridized carbons (Fsp3) is 0.200. The summed E-state index contributed by atoms with van der Waals surface area (Å²) in [5.41, 5.74) is -0.727. The molecule has 10 heteroatoms. The van der Waals surface area contributed by atoms with Gasteiger partial charge in [-0.1, -0.05) is 6.07 Å². The fourth-order valence-corrected chi connectivity index (χ4v) is 3.57. The SMILES string of the molecule is CC1=Nc2nccc(Oc3ccc(CC(=O)Cc4cc(C(F)(F)F)ccc4F)c(F)c3)c2CC1=O. The van der Waals surface area contributed by atoms with Crippen LogP contribution in [-0.2, 0) is 35.0 Å². The zero-order chi connectivity index (χ0) is 25.3. The Morgan fingerprint density at radius 3 is 2.46 bits per heavy atom. The van der Waals surface area contributed by atoms with Gasteiger partial charge in [0.1, 0.15) is 28.9 Å². The van der Waals surface area contributed by atoms with Gasteiger partial charge in [-0.2, -0.15) is 13.2 Å². The molecule has 1 aliphatic heterocycles. The summed E-state index contributed by atoms with van der Waals surface area (Å²) in [4.78, 5) is 32.6. The highest BCUT2D eigenvalue weighted by Gasteiger charge is 2.31. The van der Waals surface area contributed by atoms with E-state index in [9.17, 15) is 31.5 Å². The molecule has 0 spiro atoms. The number of rotatable bonds is 6. The molecule has 4 rings (SSSR count). The zero-order valence-electron chi connectivity index (χ0n) is 18.2. The van der Waals surface area contributed by atoms with E-state index in [0.717, 1.165) is 6.07 Å². The lowest BCUT2D eigenvalue weighted by molar-refractivity contribution is -0.137. The standard InChI is InChI=1S/C25H17F5N2O3/c1-13-22(34)12-19-23(6-7-31-24(19)32-13)35-18-4-2-14(21(27)11-18)9-17(33)10-15-8-16(25(28,29)30)3-5-20(15)26/h2-8,11H,9-10,12H2,1H3. The smallest absolute Gasteiger partial charge is 0.416 e. The van der Waals surface area contributed by atoms with Crippen LogP contribution in [0.5, 0.6) is 11.5 Å². The average molecular weight is 488 g/mol. The number of benzene rings is 2. The molecule has 35 heavy (non-hydrogen) atoms. The van der Waals surface area contributed by atoms with Gasteiger partial charge in [0.15, 0.2) is 11.6 Å². The van der Waals surface area contributed by atoms with Crippen molar-refractivity contribution < 1.29 is 36.3 Å². The fourth-order valence-electron chi connectivity index (χ4n) is 3.57. The second-order valence-electron chi connectivity index (χ2n) is 7.96. The monoisotopic (exact) mass is 488 g/mol. The number of Topliss-reactive ketones (excluding diaryl/α,β-unsaturated/α-hetero) is 2. The number of ketones is 2. The number of nitrogens with zero attached hydrogens (tertiary/aromatic N) is 2. The Morgan fingerprint density at radius 1 is 1.00 bits per heavy atom. The van der Waals surface area contributed by atoms with Gasteiger partial charge in [0.2, 0.25) is 0 Å². The van der Waals surface area contributed by atoms with E-state index in [0.29, 0.717) is 35.3 Å². The molecular weight excluding hydrogens is 471 g/mol. The van der Waals surface area contributed by atoms with Crippen molar-refractivity contribution in [2.75, 3.05) is 0 Å². The Bertz CT molecular complexity index is 1370. The highest BCUT2D eigenvalue weighted by Crippen LogP contribution is 2.34. The third kappa shape index (κ3) is 5.42. The molecule has 0 fully saturated rings. The van der Waals surface area contributed by atoms with E-state index in [-0.39, 0.29) is 29.3 Å². The van der Waals surface area contributed by atoms with Crippen LogP contribution in [0.25, 0.3) is 0 Å². The van der Waals surface area contributed by atoms with Gasteiger partial charge < -0.3 is 4.74 Å². The van der Waals surface area contributed by atoms with Crippen LogP contribution in [0, 0.1) is 11.6 Å². The van der Waals surface area contributed by atoms with Gasteiger partial charge >= 0.3 is 6.18 Å². The van der Waals surface area contributed by atoms with Crippen molar-refractivity contribution >= 4 is 23.1 Å². The van der Waals surface area contributed by atoms with Gasteiger partial charge in [-0.3, -0.25) is 9.59 Å². The molecule has 0 amide bonds. The Labute approximate surface area is 196 Å². The van der Waals surface area contributed by atoms with Crippen molar-refractivity contribution in [3.05, 3.63) is 82.5 Å². The maximum absolute atomic E-state index is 14.7. The van der Waals surface area contributed by atoms with Crippen LogP contribution in [0.1, 0.15) is 29.2 Å². The number of alkyl halides is 3. The maximum atomic E-state index is 14.7. The molecule has 0 bridgehead atoms. The summed E-state index contributed by atoms with van der Waals surface area (Å²) in [5.74, 6) is -1.87. The van der Waals surface area contributed by atoms with Crippen LogP contribution in [-0.4, -0.2) is 22.3 Å². The molecular formula is C25H17F5N2O3. The van der Waals surface area contributed by atoms with E-state index in [2.05, 4.69) is 9.98 Å². The van der Waals surface area contributed by atoms with Crippen molar-refractivity contribution in [1.82, 2.24) is 4.98 Å². The second-order valence-corrected chi connectivity index (χ2v) is 7.96. The number of hydrogen-bond acceptors (Lipinski definition) is 5. The van der Waals surface area contributed by atoms with E-state index >= 15 is 0 Å². The normalized spacial score (nSPS) is 13.3. The number of carbonyl (C=O) groups is 2. The molecule has 2 heterocycles. The first-order valence-corrected chi connectivity index (χ1v) is 10.4. The van der Waals surface area contributed by atoms with Gasteiger partial charge in [-0.15, -0.1) is 0 Å². The van der Waals surface area contributed by atoms with Crippen molar-refractivity contribution in [3.63, 3.8) is 0 Å². The molecule has 1 aliphatic rings. The Balaban J connectivity index is 1.48. The minimum atomic E-state index is -4.68. The first kappa shape index (κ1) is 24.2. The van der Waals surface area contributed by atoms with E-state index in [1.54, 1.807) is 6.92 Å². The van der Waals surface area contributed by atoms with E-state index in [4.69, 9.17) is 4.74 Å². The van der Waals surface area contributed by atoms with Crippen LogP contribution in [0.3, 0.4) is 0 Å². The molecule has 0 aliphatic carbocycles. The Kier molecular flexibility index (Phi) is 6.47. The Hall–Kier alpha value is -3.95. The molecule has 1 aromatic heterocycles. The van der Waals surface area contributed by atoms with Gasteiger partial charge in [0.05, 0.1) is 11.3 Å². The summed E-state index contributed by atoms with van der Waals surface area (Å²) >= 11 is 0. The van der Waals surface area contributed by atoms with Crippen LogP contribution in [0.15, 0.2) is 53.7 Å². The number of halogens is 5. The lowest BCUT2D eigenvalue weighted by atomic mass is 10.00. The minimum absolute atomic E-state index is 0.0260. The quantitative estimate of drug-likeness (QED) is 0.415. The first-order valence-electron chi connectivity index (χ1n) is 10.4. The summed E-state index contributed by atoms with van der Waals surface area (Å²) in [6, 6.07) is 7.07. The minimum Gasteiger partial charge on any atom is -0.457 e. The van der Waals surface area contributed by atoms with Crippen LogP contribution < -0.4 is 4.74 Å². The maximum Gasteiger partial charge on any atom is 0.416 e. The second kappa shape index (κ2) is 9.36. The predicted octanol–water partition coefficient (Wildman–Crippen LogP) is 5.74. The molecule has 0 unspecified atom stereocenters. The van der Waals surface area contributed by atoms with Crippen LogP contribution in [0.2, 0.25) is 0 Å². The van der Waals surface area contributed by atoms with Gasteiger partial charge in [-0.05, 0) is 48.4 Å². The topological polar surface area (TPSA) is 68.6 Å². The number of fused-ring (bicyclic) bond motifs is 1. The van der Waals surface area contributed by atoms with Gasteiger partial charge in [0, 0.05) is 37.1 Å². The Morgan fingerprint density at radius 2 is 1.74 bits per heavy atom. The summed E-state index contributed by atoms with van der Waals surface area (Å²) in [7, 11) is 0.